The summed E-state index contributed by atoms with van der Waals surface area (Å²) in [5.74, 6) is -0.0601. The molecule has 2 amide bonds. The van der Waals surface area contributed by atoms with E-state index < -0.39 is 5.97 Å². The Kier molecular flexibility index (Phi) is 4.87. The Labute approximate surface area is 132 Å². The molecular weight excluding hydrogens is 306 g/mol. The van der Waals surface area contributed by atoms with Gasteiger partial charge in [-0.25, -0.2) is 0 Å². The molecule has 22 heavy (non-hydrogen) atoms. The molecule has 0 aliphatic carbocycles. The third kappa shape index (κ3) is 3.48. The van der Waals surface area contributed by atoms with Crippen LogP contribution in [0.5, 0.6) is 11.5 Å². The maximum Gasteiger partial charge on any atom is 0.308 e. The molecule has 1 heterocycles. The Hall–Kier alpha value is -2.28. The van der Waals surface area contributed by atoms with E-state index in [1.165, 1.54) is 14.0 Å². The molecule has 1 aliphatic heterocycles. The zero-order valence-electron chi connectivity index (χ0n) is 12.4. The smallest absolute Gasteiger partial charge is 0.308 e. The summed E-state index contributed by atoms with van der Waals surface area (Å²) in [5.41, 5.74) is 0.679. The monoisotopic (exact) mass is 321 g/mol. The van der Waals surface area contributed by atoms with E-state index in [2.05, 4.69) is 0 Å². The van der Waals surface area contributed by atoms with E-state index in [1.807, 2.05) is 6.92 Å². The van der Waals surface area contributed by atoms with Gasteiger partial charge in [0.05, 0.1) is 11.5 Å². The highest BCUT2D eigenvalue weighted by atomic mass is 32.2. The van der Waals surface area contributed by atoms with Crippen LogP contribution in [0.1, 0.15) is 19.4 Å². The molecule has 0 bridgehead atoms. The molecule has 0 radical (unpaired) electrons. The lowest BCUT2D eigenvalue weighted by molar-refractivity contribution is -0.132. The number of imide groups is 1. The molecule has 0 atom stereocenters. The largest absolute Gasteiger partial charge is 0.490 e. The first-order valence-corrected chi connectivity index (χ1v) is 7.41. The Bertz CT molecular complexity index is 668. The molecule has 0 aromatic heterocycles. The molecule has 1 saturated heterocycles. The predicted molar refractivity (Wildman–Crippen MR) is 82.7 cm³/mol. The number of esters is 1. The van der Waals surface area contributed by atoms with E-state index >= 15 is 0 Å². The standard InChI is InChI=1S/C15H15NO5S/c1-4-20-12-7-10(5-6-11(12)21-9(2)17)8-13-14(18)16(3)15(19)22-13/h5-8H,4H2,1-3H3/b13-8+. The molecule has 116 valence electrons. The highest BCUT2D eigenvalue weighted by Crippen LogP contribution is 2.34. The van der Waals surface area contributed by atoms with Crippen LogP contribution in [-0.2, 0) is 9.59 Å². The number of ether oxygens (including phenoxy) is 2. The number of hydrogen-bond donors (Lipinski definition) is 0. The third-order valence-electron chi connectivity index (χ3n) is 2.81. The Morgan fingerprint density at radius 1 is 1.32 bits per heavy atom. The summed E-state index contributed by atoms with van der Waals surface area (Å²) >= 11 is 0.883. The van der Waals surface area contributed by atoms with E-state index in [1.54, 1.807) is 24.3 Å². The molecule has 1 fully saturated rings. The van der Waals surface area contributed by atoms with Crippen molar-refractivity contribution in [2.24, 2.45) is 0 Å². The van der Waals surface area contributed by atoms with Gasteiger partial charge < -0.3 is 9.47 Å². The molecule has 1 aromatic rings. The number of rotatable bonds is 4. The van der Waals surface area contributed by atoms with Gasteiger partial charge in [0.1, 0.15) is 0 Å². The number of amides is 2. The summed E-state index contributed by atoms with van der Waals surface area (Å²) in [6.07, 6.45) is 1.61. The minimum absolute atomic E-state index is 0.308. The van der Waals surface area contributed by atoms with Crippen LogP contribution in [-0.4, -0.2) is 35.7 Å². The van der Waals surface area contributed by atoms with Crippen molar-refractivity contribution in [3.8, 4) is 11.5 Å². The first-order valence-electron chi connectivity index (χ1n) is 6.59. The van der Waals surface area contributed by atoms with Gasteiger partial charge in [0.15, 0.2) is 11.5 Å². The number of benzene rings is 1. The quantitative estimate of drug-likeness (QED) is 0.482. The molecular formula is C15H15NO5S. The summed E-state index contributed by atoms with van der Waals surface area (Å²) in [4.78, 5) is 35.8. The van der Waals surface area contributed by atoms with Crippen molar-refractivity contribution in [3.63, 3.8) is 0 Å². The van der Waals surface area contributed by atoms with Gasteiger partial charge in [-0.3, -0.25) is 19.3 Å². The number of nitrogens with zero attached hydrogens (tertiary/aromatic N) is 1. The van der Waals surface area contributed by atoms with Gasteiger partial charge in [-0.15, -0.1) is 0 Å². The highest BCUT2D eigenvalue weighted by molar-refractivity contribution is 8.18. The molecule has 1 aromatic carbocycles. The second-order valence-electron chi connectivity index (χ2n) is 4.47. The number of likely N-dealkylation sites (N-methyl/N-ethyl adjacent to an activating group) is 1. The van der Waals surface area contributed by atoms with Crippen LogP contribution < -0.4 is 9.47 Å². The van der Waals surface area contributed by atoms with Gasteiger partial charge in [0, 0.05) is 14.0 Å². The van der Waals surface area contributed by atoms with Crippen LogP contribution in [0.15, 0.2) is 23.1 Å². The zero-order chi connectivity index (χ0) is 16.3. The van der Waals surface area contributed by atoms with E-state index in [-0.39, 0.29) is 11.1 Å². The lowest BCUT2D eigenvalue weighted by atomic mass is 10.2. The van der Waals surface area contributed by atoms with E-state index in [4.69, 9.17) is 9.47 Å². The van der Waals surface area contributed by atoms with Gasteiger partial charge in [-0.05, 0) is 42.5 Å². The topological polar surface area (TPSA) is 72.9 Å². The first-order chi connectivity index (χ1) is 10.4. The molecule has 6 nitrogen and oxygen atoms in total. The van der Waals surface area contributed by atoms with E-state index in [0.717, 1.165) is 16.7 Å². The van der Waals surface area contributed by atoms with Gasteiger partial charge in [0.25, 0.3) is 11.1 Å². The lowest BCUT2D eigenvalue weighted by Crippen LogP contribution is -2.22. The number of carbonyl (C=O) groups excluding carboxylic acids is 3. The van der Waals surface area contributed by atoms with Gasteiger partial charge >= 0.3 is 5.97 Å². The van der Waals surface area contributed by atoms with Crippen molar-refractivity contribution in [1.82, 2.24) is 4.90 Å². The third-order valence-corrected chi connectivity index (χ3v) is 3.77. The maximum atomic E-state index is 11.9. The van der Waals surface area contributed by atoms with Crippen molar-refractivity contribution in [2.45, 2.75) is 13.8 Å². The summed E-state index contributed by atoms with van der Waals surface area (Å²) < 4.78 is 10.5. The van der Waals surface area contributed by atoms with Crippen LogP contribution in [0, 0.1) is 0 Å². The Morgan fingerprint density at radius 2 is 2.05 bits per heavy atom. The SMILES string of the molecule is CCOc1cc(/C=C2/SC(=O)N(C)C2=O)ccc1OC(C)=O. The summed E-state index contributed by atoms with van der Waals surface area (Å²) in [6.45, 7) is 3.52. The molecule has 0 unspecified atom stereocenters. The predicted octanol–water partition coefficient (Wildman–Crippen LogP) is 2.68. The van der Waals surface area contributed by atoms with Crippen LogP contribution in [0.4, 0.5) is 4.79 Å². The highest BCUT2D eigenvalue weighted by Gasteiger charge is 2.31. The van der Waals surface area contributed by atoms with E-state index in [0.29, 0.717) is 28.6 Å². The maximum absolute atomic E-state index is 11.9. The van der Waals surface area contributed by atoms with Gasteiger partial charge in [-0.1, -0.05) is 6.07 Å². The fraction of sp³-hybridized carbons (Fsp3) is 0.267. The van der Waals surface area contributed by atoms with Crippen LogP contribution in [0.3, 0.4) is 0 Å². The van der Waals surface area contributed by atoms with Crippen molar-refractivity contribution >= 4 is 35.0 Å². The fourth-order valence-electron chi connectivity index (χ4n) is 1.82. The summed E-state index contributed by atoms with van der Waals surface area (Å²) in [6, 6.07) is 4.93. The zero-order valence-corrected chi connectivity index (χ0v) is 13.2. The summed E-state index contributed by atoms with van der Waals surface area (Å²) in [5, 5.41) is -0.308. The molecule has 0 N–H and O–H groups in total. The number of thioether (sulfide) groups is 1. The molecule has 0 spiro atoms. The van der Waals surface area contributed by atoms with Gasteiger partial charge in [-0.2, -0.15) is 0 Å². The second-order valence-corrected chi connectivity index (χ2v) is 5.47. The van der Waals surface area contributed by atoms with Crippen molar-refractivity contribution < 1.29 is 23.9 Å². The van der Waals surface area contributed by atoms with Crippen LogP contribution in [0.2, 0.25) is 0 Å². The van der Waals surface area contributed by atoms with Gasteiger partial charge in [0.2, 0.25) is 0 Å². The Balaban J connectivity index is 2.33. The minimum atomic E-state index is -0.444. The van der Waals surface area contributed by atoms with E-state index in [9.17, 15) is 14.4 Å². The molecule has 1 aliphatic rings. The molecule has 2 rings (SSSR count). The molecule has 0 saturated carbocycles. The van der Waals surface area contributed by atoms with Crippen LogP contribution >= 0.6 is 11.8 Å². The normalized spacial score (nSPS) is 16.3. The Morgan fingerprint density at radius 3 is 2.59 bits per heavy atom. The average Bonchev–Trinajstić information content (AvgIpc) is 2.69. The molecule has 7 heteroatoms. The first kappa shape index (κ1) is 16.1. The number of carbonyl (C=O) groups is 3. The fourth-order valence-corrected chi connectivity index (χ4v) is 2.65. The van der Waals surface area contributed by atoms with Crippen LogP contribution in [0.25, 0.3) is 6.08 Å². The lowest BCUT2D eigenvalue weighted by Gasteiger charge is -2.10. The average molecular weight is 321 g/mol. The van der Waals surface area contributed by atoms with Crippen molar-refractivity contribution in [1.29, 1.82) is 0 Å². The second kappa shape index (κ2) is 6.65. The van der Waals surface area contributed by atoms with Crippen molar-refractivity contribution in [3.05, 3.63) is 28.7 Å². The van der Waals surface area contributed by atoms with Crippen molar-refractivity contribution in [2.75, 3.05) is 13.7 Å². The summed E-state index contributed by atoms with van der Waals surface area (Å²) in [7, 11) is 1.44. The number of hydrogen-bond acceptors (Lipinski definition) is 6. The minimum Gasteiger partial charge on any atom is -0.490 e.